The summed E-state index contributed by atoms with van der Waals surface area (Å²) in [5.41, 5.74) is 0. The Balaban J connectivity index is 3.59. The molecule has 0 aromatic heterocycles. The number of aliphatic hydroxyl groups excluding tert-OH is 1. The first-order valence-electron chi connectivity index (χ1n) is 9.89. The molecule has 0 aliphatic carbocycles. The first-order valence-corrected chi connectivity index (χ1v) is 10.4. The van der Waals surface area contributed by atoms with E-state index in [1.807, 2.05) is 37.3 Å². The number of unbranched alkanes of at least 4 members (excludes halogenated alkanes) is 8. The molecule has 142 valence electrons. The molecule has 0 saturated heterocycles. The van der Waals surface area contributed by atoms with Crippen LogP contribution < -0.4 is 0 Å². The van der Waals surface area contributed by atoms with Crippen LogP contribution in [-0.2, 0) is 0 Å². The molecule has 0 saturated carbocycles. The molecule has 0 spiro atoms. The van der Waals surface area contributed by atoms with Crippen LogP contribution in [-0.4, -0.2) is 10.4 Å². The van der Waals surface area contributed by atoms with E-state index < -0.39 is 0 Å². The minimum Gasteiger partial charge on any atom is -0.512 e. The summed E-state index contributed by atoms with van der Waals surface area (Å²) < 4.78 is 0. The number of hydrogen-bond donors (Lipinski definition) is 2. The molecule has 25 heavy (non-hydrogen) atoms. The van der Waals surface area contributed by atoms with E-state index in [1.165, 1.54) is 57.8 Å². The summed E-state index contributed by atoms with van der Waals surface area (Å²) in [7, 11) is 0. The van der Waals surface area contributed by atoms with Crippen LogP contribution in [0.3, 0.4) is 0 Å². The Labute approximate surface area is 161 Å². The Morgan fingerprint density at radius 3 is 1.92 bits per heavy atom. The van der Waals surface area contributed by atoms with Crippen molar-refractivity contribution in [3.63, 3.8) is 0 Å². The lowest BCUT2D eigenvalue weighted by molar-refractivity contribution is 0.389. The van der Waals surface area contributed by atoms with E-state index >= 15 is 0 Å². The van der Waals surface area contributed by atoms with Gasteiger partial charge >= 0.3 is 0 Å². The van der Waals surface area contributed by atoms with Gasteiger partial charge in [0.25, 0.3) is 0 Å². The van der Waals surface area contributed by atoms with Gasteiger partial charge in [0.1, 0.15) is 0 Å². The van der Waals surface area contributed by atoms with Crippen molar-refractivity contribution in [3.8, 4) is 0 Å². The van der Waals surface area contributed by atoms with Gasteiger partial charge in [-0.15, -0.1) is 0 Å². The molecule has 1 atom stereocenters. The molecular weight excluding hydrogens is 324 g/mol. The first-order chi connectivity index (χ1) is 12.2. The summed E-state index contributed by atoms with van der Waals surface area (Å²) in [4.78, 5) is 0. The highest BCUT2D eigenvalue weighted by atomic mass is 32.1. The average Bonchev–Trinajstić information content (AvgIpc) is 2.57. The van der Waals surface area contributed by atoms with E-state index in [0.717, 1.165) is 0 Å². The van der Waals surface area contributed by atoms with Gasteiger partial charge in [-0.3, -0.25) is 0 Å². The molecule has 0 radical (unpaired) electrons. The van der Waals surface area contributed by atoms with Crippen molar-refractivity contribution < 1.29 is 5.11 Å². The third-order valence-corrected chi connectivity index (χ3v) is 4.00. The van der Waals surface area contributed by atoms with Gasteiger partial charge in [0.15, 0.2) is 0 Å². The van der Waals surface area contributed by atoms with Crippen molar-refractivity contribution in [3.05, 3.63) is 60.4 Å². The minimum atomic E-state index is 0.181. The van der Waals surface area contributed by atoms with Crippen molar-refractivity contribution in [2.45, 2.75) is 83.3 Å². The number of allylic oxidation sites excluding steroid dienone is 10. The third kappa shape index (κ3) is 20.8. The van der Waals surface area contributed by atoms with E-state index in [2.05, 4.69) is 37.8 Å². The van der Waals surface area contributed by atoms with Crippen LogP contribution in [0.1, 0.15) is 78.1 Å². The van der Waals surface area contributed by atoms with Gasteiger partial charge in [-0.05, 0) is 18.9 Å². The number of rotatable bonds is 15. The van der Waals surface area contributed by atoms with Crippen molar-refractivity contribution in [1.29, 1.82) is 0 Å². The smallest absolute Gasteiger partial charge is 0.0933 e. The SMILES string of the molecule is CCCCCCCCCC/C=C/C=C/C=C/C=C/C=C(\O)CC(C)S. The van der Waals surface area contributed by atoms with Crippen LogP contribution in [0.15, 0.2) is 60.4 Å². The molecule has 0 amide bonds. The fourth-order valence-corrected chi connectivity index (χ4v) is 2.62. The summed E-state index contributed by atoms with van der Waals surface area (Å²) in [6.45, 7) is 4.23. The third-order valence-electron chi connectivity index (χ3n) is 3.82. The van der Waals surface area contributed by atoms with Gasteiger partial charge in [-0.2, -0.15) is 12.6 Å². The second-order valence-corrected chi connectivity index (χ2v) is 7.44. The summed E-state index contributed by atoms with van der Waals surface area (Å²) in [6.07, 6.45) is 30.6. The molecule has 0 fully saturated rings. The highest BCUT2D eigenvalue weighted by Gasteiger charge is 1.96. The zero-order valence-electron chi connectivity index (χ0n) is 16.2. The standard InChI is InChI=1S/C23H38OS/c1-3-4-5-6-7-8-9-10-11-12-13-14-15-16-17-18-19-20-23(24)21-22(2)25/h12-20,22,24-25H,3-11,21H2,1-2H3/b13-12+,15-14+,17-16+,19-18+,23-20-. The zero-order chi connectivity index (χ0) is 18.6. The van der Waals surface area contributed by atoms with Crippen LogP contribution in [0.4, 0.5) is 0 Å². The van der Waals surface area contributed by atoms with Crippen LogP contribution in [0, 0.1) is 0 Å². The molecular formula is C23H38OS. The summed E-state index contributed by atoms with van der Waals surface area (Å²) in [5.74, 6) is 0.367. The average molecular weight is 363 g/mol. The molecule has 1 nitrogen and oxygen atoms in total. The van der Waals surface area contributed by atoms with E-state index in [-0.39, 0.29) is 5.25 Å². The van der Waals surface area contributed by atoms with Gasteiger partial charge in [0.2, 0.25) is 0 Å². The molecule has 0 aliphatic heterocycles. The van der Waals surface area contributed by atoms with Crippen LogP contribution in [0.5, 0.6) is 0 Å². The number of aliphatic hydroxyl groups is 1. The summed E-state index contributed by atoms with van der Waals surface area (Å²) >= 11 is 4.24. The molecule has 0 aromatic carbocycles. The maximum Gasteiger partial charge on any atom is 0.0933 e. The lowest BCUT2D eigenvalue weighted by Gasteiger charge is -2.00. The lowest BCUT2D eigenvalue weighted by atomic mass is 10.1. The normalized spacial score (nSPS) is 14.6. The van der Waals surface area contributed by atoms with E-state index in [1.54, 1.807) is 6.08 Å². The fourth-order valence-electron chi connectivity index (χ4n) is 2.43. The van der Waals surface area contributed by atoms with Crippen molar-refractivity contribution in [2.75, 3.05) is 0 Å². The zero-order valence-corrected chi connectivity index (χ0v) is 17.1. The molecule has 0 bridgehead atoms. The molecule has 1 unspecified atom stereocenters. The van der Waals surface area contributed by atoms with Gasteiger partial charge in [0.05, 0.1) is 5.76 Å². The van der Waals surface area contributed by atoms with Crippen molar-refractivity contribution >= 4 is 12.6 Å². The lowest BCUT2D eigenvalue weighted by Crippen LogP contribution is -1.92. The monoisotopic (exact) mass is 362 g/mol. The van der Waals surface area contributed by atoms with E-state index in [0.29, 0.717) is 12.2 Å². The van der Waals surface area contributed by atoms with E-state index in [9.17, 15) is 5.11 Å². The fraction of sp³-hybridized carbons (Fsp3) is 0.565. The summed E-state index contributed by atoms with van der Waals surface area (Å²) in [6, 6.07) is 0. The predicted molar refractivity (Wildman–Crippen MR) is 118 cm³/mol. The molecule has 2 heteroatoms. The predicted octanol–water partition coefficient (Wildman–Crippen LogP) is 7.89. The minimum absolute atomic E-state index is 0.181. The number of thiol groups is 1. The van der Waals surface area contributed by atoms with Gasteiger partial charge in [0, 0.05) is 11.7 Å². The van der Waals surface area contributed by atoms with Crippen LogP contribution in [0.2, 0.25) is 0 Å². The Morgan fingerprint density at radius 2 is 1.32 bits per heavy atom. The Bertz CT molecular complexity index is 427. The van der Waals surface area contributed by atoms with Gasteiger partial charge < -0.3 is 5.11 Å². The maximum absolute atomic E-state index is 9.56. The van der Waals surface area contributed by atoms with E-state index in [4.69, 9.17) is 0 Å². The van der Waals surface area contributed by atoms with Gasteiger partial charge in [-0.25, -0.2) is 0 Å². The molecule has 0 heterocycles. The van der Waals surface area contributed by atoms with Crippen molar-refractivity contribution in [1.82, 2.24) is 0 Å². The topological polar surface area (TPSA) is 20.2 Å². The second-order valence-electron chi connectivity index (χ2n) is 6.56. The molecule has 0 aromatic rings. The largest absolute Gasteiger partial charge is 0.512 e. The highest BCUT2D eigenvalue weighted by Crippen LogP contribution is 2.09. The quantitative estimate of drug-likeness (QED) is 0.131. The maximum atomic E-state index is 9.56. The Morgan fingerprint density at radius 1 is 0.800 bits per heavy atom. The second kappa shape index (κ2) is 19.2. The molecule has 0 rings (SSSR count). The highest BCUT2D eigenvalue weighted by molar-refractivity contribution is 7.80. The Kier molecular flexibility index (Phi) is 18.3. The van der Waals surface area contributed by atoms with Crippen LogP contribution >= 0.6 is 12.6 Å². The Hall–Kier alpha value is -1.15. The first kappa shape index (κ1) is 23.9. The van der Waals surface area contributed by atoms with Crippen LogP contribution in [0.25, 0.3) is 0 Å². The molecule has 0 aliphatic rings. The summed E-state index contributed by atoms with van der Waals surface area (Å²) in [5, 5.41) is 9.74. The van der Waals surface area contributed by atoms with Crippen molar-refractivity contribution in [2.24, 2.45) is 0 Å². The van der Waals surface area contributed by atoms with Gasteiger partial charge in [-0.1, -0.05) is 107 Å². The molecule has 1 N–H and O–H groups in total. The number of hydrogen-bond acceptors (Lipinski definition) is 2.